The van der Waals surface area contributed by atoms with Crippen LogP contribution in [0.15, 0.2) is 42.6 Å². The molecular weight excluding hydrogens is 220 g/mol. The number of pyridine rings is 1. The van der Waals surface area contributed by atoms with Crippen molar-refractivity contribution >= 4 is 12.2 Å². The highest BCUT2D eigenvalue weighted by Gasteiger charge is 2.05. The fourth-order valence-electron chi connectivity index (χ4n) is 1.27. The van der Waals surface area contributed by atoms with E-state index in [4.69, 9.17) is 22.2 Å². The Balaban J connectivity index is 2.40. The van der Waals surface area contributed by atoms with Crippen LogP contribution in [0.3, 0.4) is 0 Å². The third kappa shape index (κ3) is 2.10. The molecule has 0 aliphatic carbocycles. The number of para-hydroxylation sites is 1. The van der Waals surface area contributed by atoms with Crippen molar-refractivity contribution in [2.45, 2.75) is 0 Å². The second-order valence-corrected chi connectivity index (χ2v) is 3.48. The molecule has 3 nitrogen and oxygen atoms in total. The first-order chi connectivity index (χ1) is 7.81. The van der Waals surface area contributed by atoms with E-state index in [1.807, 2.05) is 36.4 Å². The number of aromatic amines is 1. The zero-order chi connectivity index (χ0) is 11.4. The van der Waals surface area contributed by atoms with E-state index in [9.17, 15) is 0 Å². The van der Waals surface area contributed by atoms with Gasteiger partial charge in [-0.15, -0.1) is 0 Å². The van der Waals surface area contributed by atoms with Crippen LogP contribution in [-0.2, 0) is 0 Å². The van der Waals surface area contributed by atoms with E-state index in [1.165, 1.54) is 0 Å². The summed E-state index contributed by atoms with van der Waals surface area (Å²) >= 11 is 5.00. The monoisotopic (exact) mass is 228 g/mol. The molecule has 16 heavy (non-hydrogen) atoms. The van der Waals surface area contributed by atoms with Gasteiger partial charge in [0.05, 0.1) is 0 Å². The van der Waals surface area contributed by atoms with Gasteiger partial charge in [-0.2, -0.15) is 5.26 Å². The minimum Gasteiger partial charge on any atom is -0.456 e. The van der Waals surface area contributed by atoms with Crippen molar-refractivity contribution in [2.24, 2.45) is 0 Å². The maximum absolute atomic E-state index is 8.96. The number of nitrogens with zero attached hydrogens (tertiary/aromatic N) is 1. The molecule has 1 aromatic heterocycles. The maximum Gasteiger partial charge on any atom is 0.149 e. The molecule has 0 saturated heterocycles. The molecule has 0 unspecified atom stereocenters. The smallest absolute Gasteiger partial charge is 0.149 e. The summed E-state index contributed by atoms with van der Waals surface area (Å²) < 4.78 is 5.96. The minimum atomic E-state index is 0.348. The second kappa shape index (κ2) is 4.60. The van der Waals surface area contributed by atoms with Crippen LogP contribution in [0.5, 0.6) is 11.5 Å². The van der Waals surface area contributed by atoms with Gasteiger partial charge in [-0.25, -0.2) is 0 Å². The van der Waals surface area contributed by atoms with Crippen molar-refractivity contribution < 1.29 is 4.74 Å². The van der Waals surface area contributed by atoms with Gasteiger partial charge in [-0.1, -0.05) is 30.4 Å². The van der Waals surface area contributed by atoms with Crippen LogP contribution in [0.2, 0.25) is 0 Å². The van der Waals surface area contributed by atoms with E-state index in [2.05, 4.69) is 4.98 Å². The minimum absolute atomic E-state index is 0.348. The SMILES string of the molecule is N#Cc1c(Oc2ccccc2)cc[nH]c1=S. The Morgan fingerprint density at radius 3 is 2.62 bits per heavy atom. The second-order valence-electron chi connectivity index (χ2n) is 3.07. The number of nitriles is 1. The number of hydrogen-bond donors (Lipinski definition) is 1. The number of nitrogens with one attached hydrogen (secondary N) is 1. The summed E-state index contributed by atoms with van der Waals surface area (Å²) in [6, 6.07) is 13.0. The lowest BCUT2D eigenvalue weighted by atomic mass is 10.3. The number of ether oxygens (including phenoxy) is 1. The number of rotatable bonds is 2. The van der Waals surface area contributed by atoms with Crippen LogP contribution in [0.25, 0.3) is 0 Å². The third-order valence-electron chi connectivity index (χ3n) is 2.01. The fourth-order valence-corrected chi connectivity index (χ4v) is 1.48. The molecule has 0 bridgehead atoms. The van der Waals surface area contributed by atoms with Crippen molar-refractivity contribution in [3.63, 3.8) is 0 Å². The highest BCUT2D eigenvalue weighted by atomic mass is 32.1. The van der Waals surface area contributed by atoms with E-state index in [0.29, 0.717) is 21.7 Å². The summed E-state index contributed by atoms with van der Waals surface area (Å²) in [5.41, 5.74) is 0.348. The topological polar surface area (TPSA) is 48.8 Å². The van der Waals surface area contributed by atoms with Gasteiger partial charge >= 0.3 is 0 Å². The Hall–Kier alpha value is -2.12. The van der Waals surface area contributed by atoms with Gasteiger partial charge in [0.2, 0.25) is 0 Å². The van der Waals surface area contributed by atoms with Gasteiger partial charge in [0.1, 0.15) is 27.8 Å². The van der Waals surface area contributed by atoms with E-state index >= 15 is 0 Å². The van der Waals surface area contributed by atoms with Gasteiger partial charge in [-0.05, 0) is 18.2 Å². The molecule has 1 aromatic carbocycles. The highest BCUT2D eigenvalue weighted by Crippen LogP contribution is 2.24. The molecule has 4 heteroatoms. The molecule has 0 aliphatic rings. The van der Waals surface area contributed by atoms with Crippen molar-refractivity contribution in [2.75, 3.05) is 0 Å². The van der Waals surface area contributed by atoms with Crippen molar-refractivity contribution in [1.29, 1.82) is 5.26 Å². The predicted molar refractivity (Wildman–Crippen MR) is 62.9 cm³/mol. The zero-order valence-electron chi connectivity index (χ0n) is 8.31. The summed E-state index contributed by atoms with van der Waals surface area (Å²) in [6.45, 7) is 0. The summed E-state index contributed by atoms with van der Waals surface area (Å²) in [5.74, 6) is 1.15. The standard InChI is InChI=1S/C12H8N2OS/c13-8-10-11(6-7-14-12(10)16)15-9-4-2-1-3-5-9/h1-7H,(H,14,16). The molecule has 0 amide bonds. The van der Waals surface area contributed by atoms with Crippen LogP contribution in [-0.4, -0.2) is 4.98 Å². The largest absolute Gasteiger partial charge is 0.456 e. The van der Waals surface area contributed by atoms with Gasteiger partial charge in [0, 0.05) is 6.20 Å². The van der Waals surface area contributed by atoms with E-state index < -0.39 is 0 Å². The maximum atomic E-state index is 8.96. The Bertz CT molecular complexity index is 584. The first-order valence-electron chi connectivity index (χ1n) is 4.66. The Kier molecular flexibility index (Phi) is 2.99. The lowest BCUT2D eigenvalue weighted by Crippen LogP contribution is -1.90. The number of benzene rings is 1. The number of aromatic nitrogens is 1. The third-order valence-corrected chi connectivity index (χ3v) is 2.33. The van der Waals surface area contributed by atoms with Crippen molar-refractivity contribution in [3.8, 4) is 17.6 Å². The molecular formula is C12H8N2OS. The highest BCUT2D eigenvalue weighted by molar-refractivity contribution is 7.71. The Morgan fingerprint density at radius 1 is 1.19 bits per heavy atom. The van der Waals surface area contributed by atoms with Crippen LogP contribution in [0.1, 0.15) is 5.56 Å². The van der Waals surface area contributed by atoms with Crippen LogP contribution < -0.4 is 4.74 Å². The average Bonchev–Trinajstić information content (AvgIpc) is 2.31. The lowest BCUT2D eigenvalue weighted by molar-refractivity contribution is 0.480. The van der Waals surface area contributed by atoms with Crippen molar-refractivity contribution in [1.82, 2.24) is 4.98 Å². The molecule has 0 atom stereocenters. The Morgan fingerprint density at radius 2 is 1.94 bits per heavy atom. The zero-order valence-corrected chi connectivity index (χ0v) is 9.12. The molecule has 0 saturated carbocycles. The first kappa shape index (κ1) is 10.4. The van der Waals surface area contributed by atoms with E-state index in [-0.39, 0.29) is 0 Å². The molecule has 0 aliphatic heterocycles. The van der Waals surface area contributed by atoms with Crippen molar-refractivity contribution in [3.05, 3.63) is 52.8 Å². The number of H-pyrrole nitrogens is 1. The number of hydrogen-bond acceptors (Lipinski definition) is 3. The predicted octanol–water partition coefficient (Wildman–Crippen LogP) is 3.41. The van der Waals surface area contributed by atoms with Gasteiger partial charge in [0.15, 0.2) is 0 Å². The molecule has 1 N–H and O–H groups in total. The molecule has 1 heterocycles. The van der Waals surface area contributed by atoms with E-state index in [0.717, 1.165) is 0 Å². The summed E-state index contributed by atoms with van der Waals surface area (Å²) in [4.78, 5) is 2.79. The van der Waals surface area contributed by atoms with Gasteiger partial charge in [0.25, 0.3) is 0 Å². The molecule has 78 valence electrons. The summed E-state index contributed by atoms with van der Waals surface area (Å²) in [7, 11) is 0. The van der Waals surface area contributed by atoms with Crippen LogP contribution >= 0.6 is 12.2 Å². The first-order valence-corrected chi connectivity index (χ1v) is 5.07. The van der Waals surface area contributed by atoms with Gasteiger partial charge in [-0.3, -0.25) is 0 Å². The average molecular weight is 228 g/mol. The van der Waals surface area contributed by atoms with Crippen LogP contribution in [0.4, 0.5) is 0 Å². The lowest BCUT2D eigenvalue weighted by Gasteiger charge is -2.06. The molecule has 0 spiro atoms. The van der Waals surface area contributed by atoms with Crippen LogP contribution in [0, 0.1) is 16.0 Å². The summed E-state index contributed by atoms with van der Waals surface area (Å²) in [6.07, 6.45) is 1.65. The molecule has 0 radical (unpaired) electrons. The Labute approximate surface area is 97.9 Å². The normalized spacial score (nSPS) is 9.44. The quantitative estimate of drug-likeness (QED) is 0.801. The van der Waals surface area contributed by atoms with E-state index in [1.54, 1.807) is 12.3 Å². The summed E-state index contributed by atoms with van der Waals surface area (Å²) in [5, 5.41) is 8.96. The molecule has 2 aromatic rings. The van der Waals surface area contributed by atoms with Gasteiger partial charge < -0.3 is 9.72 Å². The fraction of sp³-hybridized carbons (Fsp3) is 0. The molecule has 0 fully saturated rings. The molecule has 2 rings (SSSR count).